The normalized spacial score (nSPS) is 15.3. The summed E-state index contributed by atoms with van der Waals surface area (Å²) in [6.07, 6.45) is 1.13. The lowest BCUT2D eigenvalue weighted by Gasteiger charge is -2.24. The number of aliphatic hydroxyl groups is 1. The van der Waals surface area contributed by atoms with Gasteiger partial charge in [0.25, 0.3) is 0 Å². The van der Waals surface area contributed by atoms with Crippen LogP contribution in [0.3, 0.4) is 0 Å². The molecule has 10 nitrogen and oxygen atoms in total. The number of hydrogen-bond acceptors (Lipinski definition) is 10. The fourth-order valence-corrected chi connectivity index (χ4v) is 4.22. The highest BCUT2D eigenvalue weighted by Gasteiger charge is 2.58. The lowest BCUT2D eigenvalue weighted by atomic mass is 10.0. The summed E-state index contributed by atoms with van der Waals surface area (Å²) in [5.74, 6) is -4.35. The largest absolute Gasteiger partial charge is 0.457 e. The monoisotopic (exact) mass is 591 g/mol. The molecule has 0 bridgehead atoms. The van der Waals surface area contributed by atoms with Gasteiger partial charge in [0.2, 0.25) is 0 Å². The molecule has 11 heteroatoms. The van der Waals surface area contributed by atoms with E-state index >= 15 is 0 Å². The molecule has 0 aliphatic carbocycles. The summed E-state index contributed by atoms with van der Waals surface area (Å²) in [6.45, 7) is 7.02. The quantitative estimate of drug-likeness (QED) is 0.160. The molecule has 0 aromatic heterocycles. The molecular formula is C30H38ClNO9. The summed E-state index contributed by atoms with van der Waals surface area (Å²) in [4.78, 5) is 25.9. The molecule has 0 radical (unpaired) electrons. The number of benzene rings is 2. The van der Waals surface area contributed by atoms with Gasteiger partial charge in [0, 0.05) is 36.4 Å². The summed E-state index contributed by atoms with van der Waals surface area (Å²) in [6, 6.07) is 14.6. The fraction of sp³-hybridized carbons (Fsp3) is 0.467. The summed E-state index contributed by atoms with van der Waals surface area (Å²) in [7, 11) is 0. The van der Waals surface area contributed by atoms with Gasteiger partial charge in [0.05, 0.1) is 19.3 Å². The van der Waals surface area contributed by atoms with Crippen molar-refractivity contribution in [3.05, 3.63) is 76.5 Å². The third-order valence-corrected chi connectivity index (χ3v) is 6.33. The van der Waals surface area contributed by atoms with E-state index in [0.717, 1.165) is 11.1 Å². The Morgan fingerprint density at radius 1 is 0.976 bits per heavy atom. The number of rotatable bonds is 17. The second-order valence-electron chi connectivity index (χ2n) is 9.27. The Kier molecular flexibility index (Phi) is 12.9. The second-order valence-corrected chi connectivity index (χ2v) is 9.71. The minimum Gasteiger partial charge on any atom is -0.457 e. The molecule has 0 saturated heterocycles. The van der Waals surface area contributed by atoms with Crippen LogP contribution in [0.4, 0.5) is 0 Å². The standard InChI is InChI=1S/C30H38ClNO9/c1-4-36-12-14-38-28(34)30(29(35)39-15-13-37-5-2)40-20-27(41-30)24-10-6-8-22(17-24)16-21(3)32-19-26(33)23-9-7-11-25(31)18-23/h6-11,17-18,20-21,26,32-33H,4-5,12-16,19H2,1-3H3. The van der Waals surface area contributed by atoms with E-state index in [1.807, 2.05) is 45.0 Å². The Labute approximate surface area is 245 Å². The van der Waals surface area contributed by atoms with E-state index in [0.29, 0.717) is 36.8 Å². The van der Waals surface area contributed by atoms with E-state index in [9.17, 15) is 14.7 Å². The summed E-state index contributed by atoms with van der Waals surface area (Å²) in [5.41, 5.74) is 2.29. The van der Waals surface area contributed by atoms with E-state index in [1.165, 1.54) is 6.26 Å². The first-order chi connectivity index (χ1) is 19.8. The number of carbonyl (C=O) groups excluding carboxylic acids is 2. The van der Waals surface area contributed by atoms with Crippen molar-refractivity contribution in [3.63, 3.8) is 0 Å². The van der Waals surface area contributed by atoms with Gasteiger partial charge in [-0.25, -0.2) is 9.59 Å². The smallest absolute Gasteiger partial charge is 0.453 e. The molecule has 1 aliphatic heterocycles. The van der Waals surface area contributed by atoms with Crippen LogP contribution in [-0.2, 0) is 44.4 Å². The Morgan fingerprint density at radius 3 is 2.27 bits per heavy atom. The molecule has 0 spiro atoms. The zero-order valence-corrected chi connectivity index (χ0v) is 24.4. The Morgan fingerprint density at radius 2 is 1.63 bits per heavy atom. The summed E-state index contributed by atoms with van der Waals surface area (Å²) >= 11 is 6.03. The average molecular weight is 592 g/mol. The molecular weight excluding hydrogens is 554 g/mol. The van der Waals surface area contributed by atoms with Gasteiger partial charge in [-0.1, -0.05) is 41.9 Å². The molecule has 2 aromatic carbocycles. The van der Waals surface area contributed by atoms with Crippen molar-refractivity contribution in [3.8, 4) is 0 Å². The van der Waals surface area contributed by atoms with Gasteiger partial charge in [-0.05, 0) is 56.5 Å². The lowest BCUT2D eigenvalue weighted by molar-refractivity contribution is -0.216. The number of halogens is 1. The highest BCUT2D eigenvalue weighted by atomic mass is 35.5. The Balaban J connectivity index is 1.64. The first-order valence-electron chi connectivity index (χ1n) is 13.6. The molecule has 2 N–H and O–H groups in total. The molecule has 1 heterocycles. The van der Waals surface area contributed by atoms with Crippen LogP contribution in [0.25, 0.3) is 5.76 Å². The van der Waals surface area contributed by atoms with Crippen molar-refractivity contribution in [2.24, 2.45) is 0 Å². The highest BCUT2D eigenvalue weighted by Crippen LogP contribution is 2.34. The van der Waals surface area contributed by atoms with Crippen molar-refractivity contribution in [2.45, 2.75) is 45.1 Å². The van der Waals surface area contributed by atoms with E-state index in [4.69, 9.17) is 40.0 Å². The van der Waals surface area contributed by atoms with Crippen molar-refractivity contribution >= 4 is 29.3 Å². The molecule has 41 heavy (non-hydrogen) atoms. The van der Waals surface area contributed by atoms with Gasteiger partial charge in [0.1, 0.15) is 19.5 Å². The maximum atomic E-state index is 13.0. The van der Waals surface area contributed by atoms with Gasteiger partial charge in [-0.15, -0.1) is 0 Å². The fourth-order valence-electron chi connectivity index (χ4n) is 4.02. The van der Waals surface area contributed by atoms with Gasteiger partial charge < -0.3 is 38.8 Å². The molecule has 0 fully saturated rings. The third-order valence-electron chi connectivity index (χ3n) is 6.10. The van der Waals surface area contributed by atoms with Crippen LogP contribution >= 0.6 is 11.6 Å². The zero-order chi connectivity index (χ0) is 29.7. The number of esters is 2. The molecule has 2 unspecified atom stereocenters. The maximum absolute atomic E-state index is 13.0. The van der Waals surface area contributed by atoms with Crippen molar-refractivity contribution in [1.82, 2.24) is 5.32 Å². The molecule has 0 saturated carbocycles. The van der Waals surface area contributed by atoms with Crippen LogP contribution in [0.15, 0.2) is 54.8 Å². The van der Waals surface area contributed by atoms with Gasteiger partial charge >= 0.3 is 17.7 Å². The van der Waals surface area contributed by atoms with Gasteiger partial charge in [-0.3, -0.25) is 0 Å². The van der Waals surface area contributed by atoms with Crippen LogP contribution in [0, 0.1) is 0 Å². The number of aliphatic hydroxyl groups excluding tert-OH is 1. The predicted molar refractivity (Wildman–Crippen MR) is 152 cm³/mol. The van der Waals surface area contributed by atoms with Crippen LogP contribution in [0.2, 0.25) is 5.02 Å². The SMILES string of the molecule is CCOCCOC(=O)C1(C(=O)OCCOCC)OC=C(c2cccc(CC(C)NCC(O)c3cccc(Cl)c3)c2)O1. The lowest BCUT2D eigenvalue weighted by Crippen LogP contribution is -2.50. The Hall–Kier alpha value is -3.15. The predicted octanol–water partition coefficient (Wildman–Crippen LogP) is 3.80. The number of hydrogen-bond donors (Lipinski definition) is 2. The van der Waals surface area contributed by atoms with Crippen LogP contribution < -0.4 is 5.32 Å². The highest BCUT2D eigenvalue weighted by molar-refractivity contribution is 6.30. The minimum atomic E-state index is -2.44. The second kappa shape index (κ2) is 16.3. The first kappa shape index (κ1) is 32.4. The topological polar surface area (TPSA) is 122 Å². The van der Waals surface area contributed by atoms with Crippen molar-refractivity contribution < 1.29 is 43.1 Å². The number of ether oxygens (including phenoxy) is 6. The number of carbonyl (C=O) groups is 2. The van der Waals surface area contributed by atoms with E-state index in [2.05, 4.69) is 5.32 Å². The average Bonchev–Trinajstić information content (AvgIpc) is 3.43. The van der Waals surface area contributed by atoms with Crippen LogP contribution in [-0.4, -0.2) is 75.1 Å². The van der Waals surface area contributed by atoms with Crippen LogP contribution in [0.1, 0.15) is 43.6 Å². The van der Waals surface area contributed by atoms with Crippen molar-refractivity contribution in [2.75, 3.05) is 46.2 Å². The van der Waals surface area contributed by atoms with Crippen molar-refractivity contribution in [1.29, 1.82) is 0 Å². The van der Waals surface area contributed by atoms with E-state index in [-0.39, 0.29) is 38.2 Å². The summed E-state index contributed by atoms with van der Waals surface area (Å²) in [5, 5.41) is 14.4. The molecule has 3 rings (SSSR count). The van der Waals surface area contributed by atoms with E-state index in [1.54, 1.807) is 24.3 Å². The van der Waals surface area contributed by atoms with E-state index < -0.39 is 23.8 Å². The minimum absolute atomic E-state index is 0.0218. The Bertz CT molecular complexity index is 1150. The molecule has 224 valence electrons. The van der Waals surface area contributed by atoms with Crippen LogP contribution in [0.5, 0.6) is 0 Å². The first-order valence-corrected chi connectivity index (χ1v) is 14.0. The molecule has 2 aromatic rings. The molecule has 1 aliphatic rings. The zero-order valence-electron chi connectivity index (χ0n) is 23.6. The summed E-state index contributed by atoms with van der Waals surface area (Å²) < 4.78 is 32.1. The maximum Gasteiger partial charge on any atom is 0.453 e. The molecule has 2 atom stereocenters. The van der Waals surface area contributed by atoms with Gasteiger partial charge in [0.15, 0.2) is 5.76 Å². The van der Waals surface area contributed by atoms with Gasteiger partial charge in [-0.2, -0.15) is 0 Å². The number of nitrogens with one attached hydrogen (secondary N) is 1. The molecule has 0 amide bonds. The third kappa shape index (κ3) is 9.44.